The summed E-state index contributed by atoms with van der Waals surface area (Å²) < 4.78 is 40.4. The predicted molar refractivity (Wildman–Crippen MR) is 115 cm³/mol. The first kappa shape index (κ1) is 25.1. The summed E-state index contributed by atoms with van der Waals surface area (Å²) in [6, 6.07) is 4.76. The van der Waals surface area contributed by atoms with E-state index in [1.807, 2.05) is 6.92 Å². The average molecular weight is 445 g/mol. The van der Waals surface area contributed by atoms with Gasteiger partial charge in [0, 0.05) is 32.7 Å². The lowest BCUT2D eigenvalue weighted by Crippen LogP contribution is -2.52. The Bertz CT molecular complexity index is 698. The number of halogens is 2. The van der Waals surface area contributed by atoms with Crippen LogP contribution in [0.2, 0.25) is 0 Å². The van der Waals surface area contributed by atoms with Gasteiger partial charge in [0.05, 0.1) is 32.0 Å². The molecule has 31 heavy (non-hydrogen) atoms. The number of guanidine groups is 1. The number of nitrogens with zero attached hydrogens (tertiary/aromatic N) is 2. The number of β-amino-alcohol motifs (C(OH)–C–C–N with tert-alkyl or cyclic N) is 1. The first-order chi connectivity index (χ1) is 14.8. The molecule has 10 heteroatoms. The minimum atomic E-state index is -2.92. The molecule has 0 radical (unpaired) electrons. The third-order valence-electron chi connectivity index (χ3n) is 4.59. The molecule has 1 aliphatic heterocycles. The molecule has 0 amide bonds. The number of hydrogen-bond donors (Lipinski definition) is 3. The summed E-state index contributed by atoms with van der Waals surface area (Å²) in [6.45, 7) is 7.69. The third kappa shape index (κ3) is 9.24. The predicted octanol–water partition coefficient (Wildman–Crippen LogP) is 1.83. The molecule has 0 bridgehead atoms. The smallest absolute Gasteiger partial charge is 0.387 e. The summed E-state index contributed by atoms with van der Waals surface area (Å²) >= 11 is 0. The highest BCUT2D eigenvalue weighted by atomic mass is 19.3. The summed E-state index contributed by atoms with van der Waals surface area (Å²) in [7, 11) is 0. The maximum absolute atomic E-state index is 12.6. The van der Waals surface area contributed by atoms with E-state index in [0.717, 1.165) is 18.7 Å². The van der Waals surface area contributed by atoms with Gasteiger partial charge in [0.15, 0.2) is 17.5 Å². The van der Waals surface area contributed by atoms with Gasteiger partial charge in [-0.1, -0.05) is 6.07 Å². The van der Waals surface area contributed by atoms with Crippen LogP contribution in [0, 0.1) is 0 Å². The molecule has 1 heterocycles. The fraction of sp³-hybridized carbons (Fsp3) is 0.667. The molecule has 8 nitrogen and oxygen atoms in total. The van der Waals surface area contributed by atoms with E-state index in [1.165, 1.54) is 6.07 Å². The van der Waals surface area contributed by atoms with E-state index in [1.54, 1.807) is 26.0 Å². The van der Waals surface area contributed by atoms with Gasteiger partial charge in [-0.25, -0.2) is 4.99 Å². The third-order valence-corrected chi connectivity index (χ3v) is 4.59. The molecule has 176 valence electrons. The van der Waals surface area contributed by atoms with Crippen molar-refractivity contribution in [1.29, 1.82) is 0 Å². The van der Waals surface area contributed by atoms with E-state index >= 15 is 0 Å². The minimum absolute atomic E-state index is 0.00577. The van der Waals surface area contributed by atoms with E-state index in [-0.39, 0.29) is 11.5 Å². The highest BCUT2D eigenvalue weighted by Crippen LogP contribution is 2.30. The van der Waals surface area contributed by atoms with Gasteiger partial charge in [-0.2, -0.15) is 8.78 Å². The van der Waals surface area contributed by atoms with E-state index in [9.17, 15) is 13.9 Å². The van der Waals surface area contributed by atoms with Crippen LogP contribution in [0.4, 0.5) is 8.78 Å². The van der Waals surface area contributed by atoms with Gasteiger partial charge in [-0.15, -0.1) is 0 Å². The maximum atomic E-state index is 12.6. The lowest BCUT2D eigenvalue weighted by Gasteiger charge is -2.34. The number of benzene rings is 1. The first-order valence-electron chi connectivity index (χ1n) is 10.6. The Hall–Kier alpha value is -2.17. The van der Waals surface area contributed by atoms with Crippen molar-refractivity contribution in [3.05, 3.63) is 23.8 Å². The number of ether oxygens (including phenoxy) is 3. The molecule has 3 N–H and O–H groups in total. The van der Waals surface area contributed by atoms with Gasteiger partial charge < -0.3 is 30.0 Å². The number of aliphatic imine (C=N–C) groups is 1. The van der Waals surface area contributed by atoms with Gasteiger partial charge in [0.25, 0.3) is 0 Å². The summed E-state index contributed by atoms with van der Waals surface area (Å²) in [5, 5.41) is 17.1. The lowest BCUT2D eigenvalue weighted by atomic mass is 10.1. The first-order valence-corrected chi connectivity index (χ1v) is 10.6. The van der Waals surface area contributed by atoms with Crippen LogP contribution in [0.1, 0.15) is 26.3 Å². The van der Waals surface area contributed by atoms with Crippen LogP contribution >= 0.6 is 0 Å². The molecule has 0 spiro atoms. The van der Waals surface area contributed by atoms with Crippen LogP contribution in [0.25, 0.3) is 0 Å². The monoisotopic (exact) mass is 444 g/mol. The highest BCUT2D eigenvalue weighted by Gasteiger charge is 2.25. The summed E-state index contributed by atoms with van der Waals surface area (Å²) in [5.74, 6) is 0.797. The number of rotatable bonds is 11. The van der Waals surface area contributed by atoms with Gasteiger partial charge in [0.1, 0.15) is 0 Å². The molecule has 0 saturated carbocycles. The standard InChI is InChI=1S/C21H34F2N4O4/c1-4-24-20(26-14-21(3,28)15-27-8-10-29-11-9-27)25-13-16-6-7-17(31-19(22)23)18(12-16)30-5-2/h6-7,12,19,28H,4-5,8-11,13-15H2,1-3H3,(H2,24,25,26). The van der Waals surface area contributed by atoms with Crippen molar-refractivity contribution < 1.29 is 28.1 Å². The Morgan fingerprint density at radius 1 is 1.26 bits per heavy atom. The SMILES string of the molecule is CCNC(=NCc1ccc(OC(F)F)c(OCC)c1)NCC(C)(O)CN1CCOCC1. The topological polar surface area (TPSA) is 87.6 Å². The van der Waals surface area contributed by atoms with Crippen molar-refractivity contribution in [2.45, 2.75) is 39.5 Å². The van der Waals surface area contributed by atoms with E-state index in [2.05, 4.69) is 25.3 Å². The molecular formula is C21H34F2N4O4. The summed E-state index contributed by atoms with van der Waals surface area (Å²) in [6.07, 6.45) is 0. The van der Waals surface area contributed by atoms with Gasteiger partial charge >= 0.3 is 6.61 Å². The molecule has 1 aromatic carbocycles. The van der Waals surface area contributed by atoms with E-state index in [0.29, 0.717) is 52.0 Å². The molecule has 1 fully saturated rings. The van der Waals surface area contributed by atoms with Crippen LogP contribution < -0.4 is 20.1 Å². The number of nitrogens with one attached hydrogen (secondary N) is 2. The zero-order chi connectivity index (χ0) is 22.7. The molecule has 0 aliphatic carbocycles. The van der Waals surface area contributed by atoms with E-state index in [4.69, 9.17) is 9.47 Å². The minimum Gasteiger partial charge on any atom is -0.490 e. The van der Waals surface area contributed by atoms with E-state index < -0.39 is 12.2 Å². The Labute approximate surface area is 182 Å². The maximum Gasteiger partial charge on any atom is 0.387 e. The van der Waals surface area contributed by atoms with Gasteiger partial charge in [0.2, 0.25) is 0 Å². The second kappa shape index (κ2) is 12.6. The van der Waals surface area contributed by atoms with Crippen LogP contribution in [0.15, 0.2) is 23.2 Å². The molecule has 1 unspecified atom stereocenters. The number of alkyl halides is 2. The van der Waals surface area contributed by atoms with Crippen molar-refractivity contribution in [1.82, 2.24) is 15.5 Å². The molecule has 1 saturated heterocycles. The zero-order valence-corrected chi connectivity index (χ0v) is 18.5. The fourth-order valence-corrected chi connectivity index (χ4v) is 3.20. The molecule has 0 aromatic heterocycles. The van der Waals surface area contributed by atoms with Crippen LogP contribution in [0.5, 0.6) is 11.5 Å². The molecule has 1 atom stereocenters. The lowest BCUT2D eigenvalue weighted by molar-refractivity contribution is -0.0514. The van der Waals surface area contributed by atoms with Crippen LogP contribution in [-0.4, -0.2) is 80.7 Å². The Morgan fingerprint density at radius 3 is 2.65 bits per heavy atom. The molecule has 1 aliphatic rings. The number of aliphatic hydroxyl groups is 1. The largest absolute Gasteiger partial charge is 0.490 e. The van der Waals surface area contributed by atoms with Crippen molar-refractivity contribution in [3.8, 4) is 11.5 Å². The molecular weight excluding hydrogens is 410 g/mol. The Kier molecular flexibility index (Phi) is 10.2. The van der Waals surface area contributed by atoms with Gasteiger partial charge in [-0.3, -0.25) is 4.90 Å². The normalized spacial score (nSPS) is 17.3. The number of hydrogen-bond acceptors (Lipinski definition) is 6. The van der Waals surface area contributed by atoms with Crippen molar-refractivity contribution in [3.63, 3.8) is 0 Å². The fourth-order valence-electron chi connectivity index (χ4n) is 3.20. The molecule has 2 rings (SSSR count). The molecule has 1 aromatic rings. The van der Waals surface area contributed by atoms with Crippen LogP contribution in [-0.2, 0) is 11.3 Å². The summed E-state index contributed by atoms with van der Waals surface area (Å²) in [5.41, 5.74) is -0.161. The zero-order valence-electron chi connectivity index (χ0n) is 18.5. The second-order valence-corrected chi connectivity index (χ2v) is 7.53. The highest BCUT2D eigenvalue weighted by molar-refractivity contribution is 5.79. The van der Waals surface area contributed by atoms with Gasteiger partial charge in [-0.05, 0) is 38.5 Å². The van der Waals surface area contributed by atoms with Crippen molar-refractivity contribution >= 4 is 5.96 Å². The van der Waals surface area contributed by atoms with Crippen LogP contribution in [0.3, 0.4) is 0 Å². The number of morpholine rings is 1. The Morgan fingerprint density at radius 2 is 2.00 bits per heavy atom. The van der Waals surface area contributed by atoms with Crippen molar-refractivity contribution in [2.24, 2.45) is 4.99 Å². The quantitative estimate of drug-likeness (QED) is 0.355. The van der Waals surface area contributed by atoms with Crippen molar-refractivity contribution in [2.75, 3.05) is 52.5 Å². The average Bonchev–Trinajstić information content (AvgIpc) is 2.72. The summed E-state index contributed by atoms with van der Waals surface area (Å²) in [4.78, 5) is 6.70. The second-order valence-electron chi connectivity index (χ2n) is 7.53. The Balaban J connectivity index is 1.98.